The lowest BCUT2D eigenvalue weighted by Gasteiger charge is -2.27. The minimum atomic E-state index is 0.259. The molecule has 0 saturated carbocycles. The molecule has 0 saturated heterocycles. The molecule has 0 unspecified atom stereocenters. The molecule has 4 heteroatoms. The van der Waals surface area contributed by atoms with Crippen LogP contribution in [0.5, 0.6) is 0 Å². The zero-order valence-electron chi connectivity index (χ0n) is 21.1. The molecular weight excluding hydrogens is 476 g/mol. The van der Waals surface area contributed by atoms with Gasteiger partial charge in [-0.05, 0) is 56.6 Å². The van der Waals surface area contributed by atoms with E-state index in [1.54, 1.807) is 4.90 Å². The normalized spacial score (nSPS) is 11.3. The van der Waals surface area contributed by atoms with Crippen LogP contribution < -0.4 is 4.90 Å². The zero-order chi connectivity index (χ0) is 26.3. The minimum Gasteiger partial charge on any atom is -0.284 e. The van der Waals surface area contributed by atoms with Crippen LogP contribution in [0.4, 0.5) is 5.69 Å². The van der Waals surface area contributed by atoms with Crippen molar-refractivity contribution < 1.29 is 0 Å². The van der Waals surface area contributed by atoms with Crippen molar-refractivity contribution in [1.29, 1.82) is 10.8 Å². The summed E-state index contributed by atoms with van der Waals surface area (Å²) in [5.41, 5.74) is 4.35. The van der Waals surface area contributed by atoms with Crippen LogP contribution in [0.15, 0.2) is 134 Å². The summed E-state index contributed by atoms with van der Waals surface area (Å²) >= 11 is 0. The van der Waals surface area contributed by atoms with Crippen molar-refractivity contribution in [3.05, 3.63) is 145 Å². The average Bonchev–Trinajstić information content (AvgIpc) is 3.01. The molecule has 1 aromatic heterocycles. The SMILES string of the molecule is N=C(c1ccccc1)N(C(=N)c1ccc2ccc3c(-c4ccccn4)ccc4ccc1c2c43)c1ccccc1. The largest absolute Gasteiger partial charge is 0.284 e. The van der Waals surface area contributed by atoms with E-state index in [4.69, 9.17) is 5.41 Å². The highest BCUT2D eigenvalue weighted by Gasteiger charge is 2.23. The molecule has 0 aliphatic rings. The Bertz CT molecular complexity index is 1980. The summed E-state index contributed by atoms with van der Waals surface area (Å²) in [5, 5.41) is 25.3. The number of nitrogens with one attached hydrogen (secondary N) is 2. The number of benzene rings is 6. The van der Waals surface area contributed by atoms with E-state index in [-0.39, 0.29) is 11.7 Å². The molecule has 0 spiro atoms. The highest BCUT2D eigenvalue weighted by Crippen LogP contribution is 2.40. The smallest absolute Gasteiger partial charge is 0.139 e. The van der Waals surface area contributed by atoms with Gasteiger partial charge in [0.05, 0.1) is 5.69 Å². The summed E-state index contributed by atoms with van der Waals surface area (Å²) in [6.45, 7) is 0. The standard InChI is InChI=1S/C35H24N4/c36-34(25-9-3-1-4-10-25)39(26-11-5-2-6-12-26)35(37)30-21-17-24-15-19-28-27(31-13-7-8-22-38-31)18-14-23-16-20-29(30)33(24)32(23)28/h1-22,36-37H. The highest BCUT2D eigenvalue weighted by atomic mass is 15.2. The molecule has 7 aromatic rings. The molecule has 1 heterocycles. The maximum Gasteiger partial charge on any atom is 0.139 e. The average molecular weight is 501 g/mol. The Morgan fingerprint density at radius 3 is 1.87 bits per heavy atom. The van der Waals surface area contributed by atoms with Crippen molar-refractivity contribution in [2.75, 3.05) is 4.90 Å². The Kier molecular flexibility index (Phi) is 5.38. The first-order chi connectivity index (χ1) is 19.2. The van der Waals surface area contributed by atoms with E-state index in [9.17, 15) is 5.41 Å². The number of hydrogen-bond acceptors (Lipinski definition) is 3. The third-order valence-corrected chi connectivity index (χ3v) is 7.37. The molecule has 39 heavy (non-hydrogen) atoms. The lowest BCUT2D eigenvalue weighted by atomic mass is 9.89. The quantitative estimate of drug-likeness (QED) is 0.145. The van der Waals surface area contributed by atoms with Crippen molar-refractivity contribution in [3.8, 4) is 11.3 Å². The van der Waals surface area contributed by atoms with Gasteiger partial charge in [0.2, 0.25) is 0 Å². The number of para-hydroxylation sites is 1. The molecular formula is C35H24N4. The number of hydrogen-bond donors (Lipinski definition) is 2. The zero-order valence-corrected chi connectivity index (χ0v) is 21.1. The summed E-state index contributed by atoms with van der Waals surface area (Å²) in [4.78, 5) is 6.34. The van der Waals surface area contributed by atoms with Gasteiger partial charge in [-0.15, -0.1) is 0 Å². The molecule has 0 radical (unpaired) electrons. The van der Waals surface area contributed by atoms with E-state index in [0.717, 1.165) is 55.0 Å². The maximum absolute atomic E-state index is 9.47. The molecule has 0 atom stereocenters. The van der Waals surface area contributed by atoms with Crippen molar-refractivity contribution in [2.45, 2.75) is 0 Å². The van der Waals surface area contributed by atoms with Crippen LogP contribution in [0, 0.1) is 10.8 Å². The molecule has 184 valence electrons. The van der Waals surface area contributed by atoms with Gasteiger partial charge in [0.1, 0.15) is 11.7 Å². The maximum atomic E-state index is 9.47. The van der Waals surface area contributed by atoms with Gasteiger partial charge in [-0.25, -0.2) is 0 Å². The van der Waals surface area contributed by atoms with Gasteiger partial charge in [0.25, 0.3) is 0 Å². The van der Waals surface area contributed by atoms with Gasteiger partial charge in [-0.1, -0.05) is 103 Å². The van der Waals surface area contributed by atoms with Crippen molar-refractivity contribution in [1.82, 2.24) is 4.98 Å². The number of amidine groups is 2. The van der Waals surface area contributed by atoms with Gasteiger partial charge in [0, 0.05) is 28.6 Å². The lowest BCUT2D eigenvalue weighted by molar-refractivity contribution is 1.29. The number of aromatic nitrogens is 1. The summed E-state index contributed by atoms with van der Waals surface area (Å²) < 4.78 is 0. The van der Waals surface area contributed by atoms with Gasteiger partial charge in [0.15, 0.2) is 0 Å². The van der Waals surface area contributed by atoms with Crippen LogP contribution in [-0.4, -0.2) is 16.7 Å². The first kappa shape index (κ1) is 22.8. The first-order valence-electron chi connectivity index (χ1n) is 12.9. The molecule has 6 aromatic carbocycles. The van der Waals surface area contributed by atoms with E-state index in [1.165, 1.54) is 5.39 Å². The third kappa shape index (κ3) is 3.73. The van der Waals surface area contributed by atoms with E-state index in [0.29, 0.717) is 0 Å². The van der Waals surface area contributed by atoms with Crippen LogP contribution in [0.3, 0.4) is 0 Å². The van der Waals surface area contributed by atoms with Gasteiger partial charge >= 0.3 is 0 Å². The summed E-state index contributed by atoms with van der Waals surface area (Å²) in [5.74, 6) is 0.521. The fraction of sp³-hybridized carbons (Fsp3) is 0. The monoisotopic (exact) mass is 500 g/mol. The van der Waals surface area contributed by atoms with Crippen LogP contribution in [-0.2, 0) is 0 Å². The van der Waals surface area contributed by atoms with Gasteiger partial charge in [-0.2, -0.15) is 0 Å². The summed E-state index contributed by atoms with van der Waals surface area (Å²) in [6, 6.07) is 42.3. The number of nitrogens with zero attached hydrogens (tertiary/aromatic N) is 2. The second kappa shape index (κ2) is 9.19. The molecule has 2 N–H and O–H groups in total. The van der Waals surface area contributed by atoms with Crippen LogP contribution >= 0.6 is 0 Å². The number of rotatable bonds is 4. The van der Waals surface area contributed by atoms with Gasteiger partial charge < -0.3 is 0 Å². The Balaban J connectivity index is 1.46. The Morgan fingerprint density at radius 1 is 0.538 bits per heavy atom. The molecule has 0 aliphatic carbocycles. The predicted octanol–water partition coefficient (Wildman–Crippen LogP) is 8.50. The second-order valence-electron chi connectivity index (χ2n) is 9.60. The minimum absolute atomic E-state index is 0.259. The second-order valence-corrected chi connectivity index (χ2v) is 9.60. The van der Waals surface area contributed by atoms with E-state index < -0.39 is 0 Å². The molecule has 0 bridgehead atoms. The predicted molar refractivity (Wildman–Crippen MR) is 162 cm³/mol. The fourth-order valence-electron chi connectivity index (χ4n) is 5.55. The topological polar surface area (TPSA) is 63.8 Å². The molecule has 0 fully saturated rings. The first-order valence-corrected chi connectivity index (χ1v) is 12.9. The van der Waals surface area contributed by atoms with E-state index in [2.05, 4.69) is 47.4 Å². The Morgan fingerprint density at radius 2 is 1.15 bits per heavy atom. The van der Waals surface area contributed by atoms with Crippen LogP contribution in [0.2, 0.25) is 0 Å². The van der Waals surface area contributed by atoms with Crippen molar-refractivity contribution in [2.24, 2.45) is 0 Å². The molecule has 0 amide bonds. The van der Waals surface area contributed by atoms with Gasteiger partial charge in [-0.3, -0.25) is 20.7 Å². The summed E-state index contributed by atoms with van der Waals surface area (Å²) in [6.07, 6.45) is 1.83. The lowest BCUT2D eigenvalue weighted by Crippen LogP contribution is -2.37. The molecule has 0 aliphatic heterocycles. The van der Waals surface area contributed by atoms with Crippen LogP contribution in [0.1, 0.15) is 11.1 Å². The third-order valence-electron chi connectivity index (χ3n) is 7.37. The Hall–Kier alpha value is -5.35. The van der Waals surface area contributed by atoms with Crippen LogP contribution in [0.25, 0.3) is 43.6 Å². The van der Waals surface area contributed by atoms with E-state index >= 15 is 0 Å². The Labute approximate surface area is 226 Å². The van der Waals surface area contributed by atoms with E-state index in [1.807, 2.05) is 91.1 Å². The van der Waals surface area contributed by atoms with Crippen molar-refractivity contribution >= 4 is 49.7 Å². The summed E-state index contributed by atoms with van der Waals surface area (Å²) in [7, 11) is 0. The number of pyridine rings is 1. The fourth-order valence-corrected chi connectivity index (χ4v) is 5.55. The van der Waals surface area contributed by atoms with Crippen molar-refractivity contribution in [3.63, 3.8) is 0 Å². The molecule has 4 nitrogen and oxygen atoms in total. The molecule has 7 rings (SSSR count). The highest BCUT2D eigenvalue weighted by molar-refractivity contribution is 6.33. The number of anilines is 1.